The Morgan fingerprint density at radius 1 is 1.04 bits per heavy atom. The molecule has 0 unspecified atom stereocenters. The third kappa shape index (κ3) is 3.49. The molecule has 0 fully saturated rings. The molecular formula is C20H20N2O2. The molecule has 0 aliphatic rings. The van der Waals surface area contributed by atoms with Crippen molar-refractivity contribution in [2.24, 2.45) is 0 Å². The molecule has 0 spiro atoms. The number of amides is 1. The summed E-state index contributed by atoms with van der Waals surface area (Å²) < 4.78 is 5.10. The van der Waals surface area contributed by atoms with E-state index < -0.39 is 0 Å². The van der Waals surface area contributed by atoms with E-state index in [1.54, 1.807) is 12.1 Å². The molecule has 0 radical (unpaired) electrons. The molecule has 0 saturated heterocycles. The zero-order valence-corrected chi connectivity index (χ0v) is 13.8. The number of nitrogens with zero attached hydrogens (tertiary/aromatic N) is 1. The number of furan rings is 1. The Hall–Kier alpha value is -3.01. The number of rotatable bonds is 5. The number of anilines is 3. The number of carbonyl (C=O) groups excluding carboxylic acids is 1. The van der Waals surface area contributed by atoms with Crippen LogP contribution in [0.1, 0.15) is 23.0 Å². The Bertz CT molecular complexity index is 808. The summed E-state index contributed by atoms with van der Waals surface area (Å²) in [5.74, 6) is 0.0489. The second-order valence-corrected chi connectivity index (χ2v) is 5.56. The van der Waals surface area contributed by atoms with Gasteiger partial charge in [-0.15, -0.1) is 0 Å². The number of nitrogens with one attached hydrogen (secondary N) is 1. The van der Waals surface area contributed by atoms with E-state index in [0.29, 0.717) is 5.76 Å². The van der Waals surface area contributed by atoms with Crippen LogP contribution in [-0.4, -0.2) is 12.5 Å². The first-order valence-electron chi connectivity index (χ1n) is 7.96. The zero-order valence-electron chi connectivity index (χ0n) is 13.8. The second-order valence-electron chi connectivity index (χ2n) is 5.56. The summed E-state index contributed by atoms with van der Waals surface area (Å²) >= 11 is 0. The van der Waals surface area contributed by atoms with Crippen LogP contribution in [0.3, 0.4) is 0 Å². The molecular weight excluding hydrogens is 300 g/mol. The molecule has 0 aliphatic heterocycles. The molecule has 1 amide bonds. The van der Waals surface area contributed by atoms with Gasteiger partial charge in [-0.3, -0.25) is 4.79 Å². The van der Waals surface area contributed by atoms with E-state index >= 15 is 0 Å². The Balaban J connectivity index is 1.76. The fourth-order valence-electron chi connectivity index (χ4n) is 2.64. The van der Waals surface area contributed by atoms with Gasteiger partial charge in [0.05, 0.1) is 6.26 Å². The van der Waals surface area contributed by atoms with Crippen molar-refractivity contribution >= 4 is 23.0 Å². The van der Waals surface area contributed by atoms with Crippen LogP contribution in [0.4, 0.5) is 17.1 Å². The summed E-state index contributed by atoms with van der Waals surface area (Å²) in [6, 6.07) is 19.5. The molecule has 4 nitrogen and oxygen atoms in total. The van der Waals surface area contributed by atoms with Crippen molar-refractivity contribution in [1.82, 2.24) is 0 Å². The third-order valence-corrected chi connectivity index (χ3v) is 3.81. The van der Waals surface area contributed by atoms with Crippen molar-refractivity contribution in [2.45, 2.75) is 13.8 Å². The Morgan fingerprint density at radius 3 is 2.46 bits per heavy atom. The van der Waals surface area contributed by atoms with Crippen LogP contribution in [0.25, 0.3) is 0 Å². The minimum absolute atomic E-state index is 0.251. The first-order valence-corrected chi connectivity index (χ1v) is 7.96. The van der Waals surface area contributed by atoms with E-state index in [-0.39, 0.29) is 5.91 Å². The van der Waals surface area contributed by atoms with Crippen molar-refractivity contribution in [2.75, 3.05) is 16.8 Å². The molecule has 1 N–H and O–H groups in total. The Morgan fingerprint density at radius 2 is 1.83 bits per heavy atom. The third-order valence-electron chi connectivity index (χ3n) is 3.81. The second kappa shape index (κ2) is 7.04. The SMILES string of the molecule is CCN(c1ccc(NC(=O)c2ccco2)cc1)c1cccc(C)c1. The van der Waals surface area contributed by atoms with Crippen LogP contribution in [0.15, 0.2) is 71.3 Å². The maximum Gasteiger partial charge on any atom is 0.291 e. The highest BCUT2D eigenvalue weighted by molar-refractivity contribution is 6.02. The predicted molar refractivity (Wildman–Crippen MR) is 97.0 cm³/mol. The number of benzene rings is 2. The van der Waals surface area contributed by atoms with Gasteiger partial charge in [0, 0.05) is 23.6 Å². The van der Waals surface area contributed by atoms with Gasteiger partial charge in [0.25, 0.3) is 5.91 Å². The van der Waals surface area contributed by atoms with Crippen molar-refractivity contribution in [3.63, 3.8) is 0 Å². The molecule has 3 aromatic rings. The molecule has 2 aromatic carbocycles. The van der Waals surface area contributed by atoms with Crippen LogP contribution in [0.5, 0.6) is 0 Å². The van der Waals surface area contributed by atoms with E-state index in [4.69, 9.17) is 4.42 Å². The van der Waals surface area contributed by atoms with Gasteiger partial charge >= 0.3 is 0 Å². The average Bonchev–Trinajstić information content (AvgIpc) is 3.12. The first-order chi connectivity index (χ1) is 11.7. The van der Waals surface area contributed by atoms with Crippen molar-refractivity contribution in [1.29, 1.82) is 0 Å². The lowest BCUT2D eigenvalue weighted by atomic mass is 10.2. The predicted octanol–water partition coefficient (Wildman–Crippen LogP) is 5.00. The van der Waals surface area contributed by atoms with Crippen molar-refractivity contribution < 1.29 is 9.21 Å². The van der Waals surface area contributed by atoms with E-state index in [2.05, 4.69) is 48.3 Å². The minimum atomic E-state index is -0.251. The van der Waals surface area contributed by atoms with E-state index in [0.717, 1.165) is 23.6 Å². The molecule has 0 saturated carbocycles. The van der Waals surface area contributed by atoms with E-state index in [1.807, 2.05) is 24.3 Å². The number of carbonyl (C=O) groups is 1. The van der Waals surface area contributed by atoms with Gasteiger partial charge in [-0.05, 0) is 67.9 Å². The molecule has 0 aliphatic carbocycles. The van der Waals surface area contributed by atoms with Gasteiger partial charge in [0.2, 0.25) is 0 Å². The molecule has 24 heavy (non-hydrogen) atoms. The molecule has 3 rings (SSSR count). The number of hydrogen-bond donors (Lipinski definition) is 1. The minimum Gasteiger partial charge on any atom is -0.459 e. The highest BCUT2D eigenvalue weighted by atomic mass is 16.3. The lowest BCUT2D eigenvalue weighted by Crippen LogP contribution is -2.16. The monoisotopic (exact) mass is 320 g/mol. The Labute approximate surface area is 141 Å². The van der Waals surface area contributed by atoms with E-state index in [9.17, 15) is 4.79 Å². The van der Waals surface area contributed by atoms with Gasteiger partial charge in [-0.1, -0.05) is 12.1 Å². The van der Waals surface area contributed by atoms with Crippen LogP contribution in [-0.2, 0) is 0 Å². The van der Waals surface area contributed by atoms with Crippen LogP contribution >= 0.6 is 0 Å². The molecule has 0 atom stereocenters. The molecule has 1 aromatic heterocycles. The summed E-state index contributed by atoms with van der Waals surface area (Å²) in [4.78, 5) is 14.2. The summed E-state index contributed by atoms with van der Waals surface area (Å²) in [6.45, 7) is 5.07. The highest BCUT2D eigenvalue weighted by Crippen LogP contribution is 2.27. The molecule has 1 heterocycles. The normalized spacial score (nSPS) is 10.4. The fourth-order valence-corrected chi connectivity index (χ4v) is 2.64. The lowest BCUT2D eigenvalue weighted by molar-refractivity contribution is 0.0996. The van der Waals surface area contributed by atoms with Gasteiger partial charge in [-0.2, -0.15) is 0 Å². The fraction of sp³-hybridized carbons (Fsp3) is 0.150. The molecule has 122 valence electrons. The summed E-state index contributed by atoms with van der Waals surface area (Å²) in [5, 5.41) is 2.83. The smallest absolute Gasteiger partial charge is 0.291 e. The van der Waals surface area contributed by atoms with Crippen molar-refractivity contribution in [3.8, 4) is 0 Å². The van der Waals surface area contributed by atoms with Gasteiger partial charge in [0.15, 0.2) is 5.76 Å². The maximum atomic E-state index is 12.0. The van der Waals surface area contributed by atoms with Crippen LogP contribution < -0.4 is 10.2 Å². The molecule has 4 heteroatoms. The number of aryl methyl sites for hydroxylation is 1. The lowest BCUT2D eigenvalue weighted by Gasteiger charge is -2.24. The van der Waals surface area contributed by atoms with Crippen LogP contribution in [0.2, 0.25) is 0 Å². The topological polar surface area (TPSA) is 45.5 Å². The largest absolute Gasteiger partial charge is 0.459 e. The van der Waals surface area contributed by atoms with Gasteiger partial charge in [-0.25, -0.2) is 0 Å². The van der Waals surface area contributed by atoms with Crippen LogP contribution in [0, 0.1) is 6.92 Å². The summed E-state index contributed by atoms with van der Waals surface area (Å²) in [6.07, 6.45) is 1.49. The zero-order chi connectivity index (χ0) is 16.9. The quantitative estimate of drug-likeness (QED) is 0.719. The average molecular weight is 320 g/mol. The van der Waals surface area contributed by atoms with Gasteiger partial charge < -0.3 is 14.6 Å². The maximum absolute atomic E-state index is 12.0. The van der Waals surface area contributed by atoms with Gasteiger partial charge in [0.1, 0.15) is 0 Å². The first kappa shape index (κ1) is 15.9. The standard InChI is InChI=1S/C20H20N2O2/c1-3-22(18-7-4-6-15(2)14-18)17-11-9-16(10-12-17)21-20(23)19-8-5-13-24-19/h4-14H,3H2,1-2H3,(H,21,23). The van der Waals surface area contributed by atoms with Crippen molar-refractivity contribution in [3.05, 3.63) is 78.3 Å². The number of hydrogen-bond acceptors (Lipinski definition) is 3. The summed E-state index contributed by atoms with van der Waals surface area (Å²) in [5.41, 5.74) is 4.21. The molecule has 0 bridgehead atoms. The summed E-state index contributed by atoms with van der Waals surface area (Å²) in [7, 11) is 0. The highest BCUT2D eigenvalue weighted by Gasteiger charge is 2.10. The Kier molecular flexibility index (Phi) is 4.66. The van der Waals surface area contributed by atoms with E-state index in [1.165, 1.54) is 11.8 Å².